The molecule has 28 heavy (non-hydrogen) atoms. The molecule has 0 unspecified atom stereocenters. The van der Waals surface area contributed by atoms with E-state index in [4.69, 9.17) is 4.74 Å². The lowest BCUT2D eigenvalue weighted by Crippen LogP contribution is -2.42. The number of guanidine groups is 1. The Morgan fingerprint density at radius 3 is 2.61 bits per heavy atom. The molecule has 0 saturated carbocycles. The fourth-order valence-corrected chi connectivity index (χ4v) is 3.49. The summed E-state index contributed by atoms with van der Waals surface area (Å²) in [4.78, 5) is 10.1. The average Bonchev–Trinajstić information content (AvgIpc) is 2.69. The smallest absolute Gasteiger partial charge is 0.242 e. The highest BCUT2D eigenvalue weighted by molar-refractivity contribution is 14.0. The van der Waals surface area contributed by atoms with E-state index >= 15 is 0 Å². The molecule has 0 aliphatic rings. The molecule has 0 saturated heterocycles. The molecule has 2 aromatic rings. The van der Waals surface area contributed by atoms with Crippen molar-refractivity contribution in [1.29, 1.82) is 0 Å². The van der Waals surface area contributed by atoms with Crippen LogP contribution in [-0.2, 0) is 16.6 Å². The second kappa shape index (κ2) is 11.8. The summed E-state index contributed by atoms with van der Waals surface area (Å²) in [5, 5.41) is 3.14. The highest BCUT2D eigenvalue weighted by atomic mass is 127. The number of benzene rings is 1. The van der Waals surface area contributed by atoms with Gasteiger partial charge in [-0.3, -0.25) is 9.98 Å². The second-order valence-corrected chi connectivity index (χ2v) is 7.50. The molecule has 1 aromatic carbocycles. The number of sulfonamides is 1. The molecule has 0 fully saturated rings. The van der Waals surface area contributed by atoms with E-state index in [1.807, 2.05) is 36.2 Å². The van der Waals surface area contributed by atoms with Crippen LogP contribution in [0.3, 0.4) is 0 Å². The van der Waals surface area contributed by atoms with Gasteiger partial charge in [-0.25, -0.2) is 13.1 Å². The fourth-order valence-electron chi connectivity index (χ4n) is 2.50. The molecule has 0 atom stereocenters. The quantitative estimate of drug-likeness (QED) is 0.239. The predicted octanol–water partition coefficient (Wildman–Crippen LogP) is 1.69. The number of hydrogen-bond acceptors (Lipinski definition) is 5. The van der Waals surface area contributed by atoms with Crippen molar-refractivity contribution in [3.8, 4) is 5.75 Å². The van der Waals surface area contributed by atoms with Crippen molar-refractivity contribution in [2.24, 2.45) is 4.99 Å². The minimum atomic E-state index is -3.57. The number of halogens is 1. The number of para-hydroxylation sites is 1. The average molecular weight is 519 g/mol. The van der Waals surface area contributed by atoms with Crippen LogP contribution in [0.25, 0.3) is 0 Å². The second-order valence-electron chi connectivity index (χ2n) is 5.73. The first-order valence-corrected chi connectivity index (χ1v) is 9.89. The van der Waals surface area contributed by atoms with Crippen molar-refractivity contribution >= 4 is 40.0 Å². The van der Waals surface area contributed by atoms with Crippen molar-refractivity contribution < 1.29 is 13.2 Å². The van der Waals surface area contributed by atoms with Crippen LogP contribution >= 0.6 is 24.0 Å². The van der Waals surface area contributed by atoms with Gasteiger partial charge >= 0.3 is 0 Å². The van der Waals surface area contributed by atoms with Gasteiger partial charge in [0, 0.05) is 51.7 Å². The van der Waals surface area contributed by atoms with Crippen molar-refractivity contribution in [3.05, 3.63) is 54.4 Å². The minimum Gasteiger partial charge on any atom is -0.496 e. The number of methoxy groups -OCH3 is 1. The molecule has 0 aliphatic heterocycles. The number of rotatable bonds is 8. The van der Waals surface area contributed by atoms with Gasteiger partial charge in [0.1, 0.15) is 10.6 Å². The summed E-state index contributed by atoms with van der Waals surface area (Å²) < 4.78 is 32.2. The Balaban J connectivity index is 0.00000392. The third kappa shape index (κ3) is 6.91. The Hall–Kier alpha value is -1.92. The molecule has 154 valence electrons. The zero-order valence-corrected chi connectivity index (χ0v) is 19.3. The van der Waals surface area contributed by atoms with Gasteiger partial charge in [0.25, 0.3) is 0 Å². The predicted molar refractivity (Wildman–Crippen MR) is 121 cm³/mol. The SMILES string of the molecule is CN=C(NCCNS(=O)(=O)c1cccnc1)N(C)Cc1ccccc1OC.I. The first kappa shape index (κ1) is 24.1. The molecule has 2 rings (SSSR count). The molecule has 0 spiro atoms. The Kier molecular flexibility index (Phi) is 10.2. The molecular weight excluding hydrogens is 493 g/mol. The van der Waals surface area contributed by atoms with Gasteiger partial charge < -0.3 is 15.0 Å². The van der Waals surface area contributed by atoms with Gasteiger partial charge in [0.2, 0.25) is 10.0 Å². The summed E-state index contributed by atoms with van der Waals surface area (Å²) in [5.41, 5.74) is 1.03. The Labute approximate surface area is 183 Å². The number of aromatic nitrogens is 1. The van der Waals surface area contributed by atoms with Gasteiger partial charge in [0.15, 0.2) is 5.96 Å². The standard InChI is InChI=1S/C18H25N5O3S.HI/c1-19-18(23(2)14-15-7-4-5-9-17(15)26-3)21-11-12-22-27(24,25)16-8-6-10-20-13-16;/h4-10,13,22H,11-12,14H2,1-3H3,(H,19,21);1H. The highest BCUT2D eigenvalue weighted by Crippen LogP contribution is 2.18. The highest BCUT2D eigenvalue weighted by Gasteiger charge is 2.14. The Morgan fingerprint density at radius 1 is 1.21 bits per heavy atom. The summed E-state index contributed by atoms with van der Waals surface area (Å²) in [6.07, 6.45) is 2.85. The number of ether oxygens (including phenoxy) is 1. The van der Waals surface area contributed by atoms with E-state index in [-0.39, 0.29) is 35.4 Å². The molecular formula is C18H26IN5O3S. The van der Waals surface area contributed by atoms with Gasteiger partial charge in [-0.05, 0) is 18.2 Å². The van der Waals surface area contributed by atoms with E-state index in [1.165, 1.54) is 18.5 Å². The van der Waals surface area contributed by atoms with Gasteiger partial charge in [-0.1, -0.05) is 18.2 Å². The first-order chi connectivity index (χ1) is 13.0. The third-order valence-electron chi connectivity index (χ3n) is 3.82. The van der Waals surface area contributed by atoms with Crippen molar-refractivity contribution in [2.75, 3.05) is 34.3 Å². The van der Waals surface area contributed by atoms with Crippen molar-refractivity contribution in [3.63, 3.8) is 0 Å². The number of nitrogens with one attached hydrogen (secondary N) is 2. The largest absolute Gasteiger partial charge is 0.496 e. The van der Waals surface area contributed by atoms with Gasteiger partial charge in [-0.2, -0.15) is 0 Å². The van der Waals surface area contributed by atoms with Crippen LogP contribution in [0.4, 0.5) is 0 Å². The molecule has 0 bridgehead atoms. The van der Waals surface area contributed by atoms with Crippen molar-refractivity contribution in [2.45, 2.75) is 11.4 Å². The summed E-state index contributed by atoms with van der Waals surface area (Å²) in [5.74, 6) is 1.46. The van der Waals surface area contributed by atoms with Gasteiger partial charge in [0.05, 0.1) is 7.11 Å². The summed E-state index contributed by atoms with van der Waals surface area (Å²) >= 11 is 0. The maximum absolute atomic E-state index is 12.2. The molecule has 10 heteroatoms. The van der Waals surface area contributed by atoms with E-state index in [9.17, 15) is 8.42 Å². The molecule has 1 heterocycles. The summed E-state index contributed by atoms with van der Waals surface area (Å²) in [6, 6.07) is 10.9. The molecule has 8 nitrogen and oxygen atoms in total. The lowest BCUT2D eigenvalue weighted by molar-refractivity contribution is 0.396. The maximum atomic E-state index is 12.2. The van der Waals surface area contributed by atoms with E-state index < -0.39 is 10.0 Å². The summed E-state index contributed by atoms with van der Waals surface area (Å²) in [6.45, 7) is 1.21. The van der Waals surface area contributed by atoms with E-state index in [0.717, 1.165) is 11.3 Å². The van der Waals surface area contributed by atoms with Gasteiger partial charge in [-0.15, -0.1) is 24.0 Å². The van der Waals surface area contributed by atoms with Crippen LogP contribution in [-0.4, -0.2) is 58.6 Å². The molecule has 0 amide bonds. The fraction of sp³-hybridized carbons (Fsp3) is 0.333. The summed E-state index contributed by atoms with van der Waals surface area (Å²) in [7, 11) is 1.66. The monoisotopic (exact) mass is 519 g/mol. The van der Waals surface area contributed by atoms with Crippen molar-refractivity contribution in [1.82, 2.24) is 19.9 Å². The van der Waals surface area contributed by atoms with Crippen LogP contribution in [0.5, 0.6) is 5.75 Å². The molecule has 0 aliphatic carbocycles. The van der Waals surface area contributed by atoms with Crippen LogP contribution < -0.4 is 14.8 Å². The van der Waals surface area contributed by atoms with Crippen LogP contribution in [0, 0.1) is 0 Å². The van der Waals surface area contributed by atoms with E-state index in [0.29, 0.717) is 19.0 Å². The van der Waals surface area contributed by atoms with Crippen LogP contribution in [0.15, 0.2) is 58.7 Å². The Bertz CT molecular complexity index is 863. The first-order valence-electron chi connectivity index (χ1n) is 8.41. The third-order valence-corrected chi connectivity index (χ3v) is 5.26. The molecule has 2 N–H and O–H groups in total. The zero-order chi connectivity index (χ0) is 19.7. The molecule has 0 radical (unpaired) electrons. The molecule has 1 aromatic heterocycles. The number of aliphatic imine (C=N–C) groups is 1. The van der Waals surface area contributed by atoms with Crippen LogP contribution in [0.1, 0.15) is 5.56 Å². The normalized spacial score (nSPS) is 11.5. The van der Waals surface area contributed by atoms with E-state index in [2.05, 4.69) is 20.0 Å². The minimum absolute atomic E-state index is 0. The lowest BCUT2D eigenvalue weighted by Gasteiger charge is -2.23. The van der Waals surface area contributed by atoms with Crippen LogP contribution in [0.2, 0.25) is 0 Å². The lowest BCUT2D eigenvalue weighted by atomic mass is 10.2. The zero-order valence-electron chi connectivity index (χ0n) is 16.1. The Morgan fingerprint density at radius 2 is 1.96 bits per heavy atom. The topological polar surface area (TPSA) is 95.9 Å². The number of pyridine rings is 1. The maximum Gasteiger partial charge on any atom is 0.242 e. The van der Waals surface area contributed by atoms with E-state index in [1.54, 1.807) is 20.2 Å². The number of nitrogens with zero attached hydrogens (tertiary/aromatic N) is 3. The number of hydrogen-bond donors (Lipinski definition) is 2.